The molecule has 0 heterocycles. The van der Waals surface area contributed by atoms with Gasteiger partial charge in [0.15, 0.2) is 0 Å². The number of hydrogen-bond donors (Lipinski definition) is 1. The Hall–Kier alpha value is -3.29. The normalized spacial score (nSPS) is 10.1. The van der Waals surface area contributed by atoms with Gasteiger partial charge in [0, 0.05) is 21.8 Å². The molecule has 0 bridgehead atoms. The van der Waals surface area contributed by atoms with E-state index in [1.807, 2.05) is 36.4 Å². The summed E-state index contributed by atoms with van der Waals surface area (Å²) in [5, 5.41) is 12.2. The Bertz CT molecular complexity index is 978. The lowest BCUT2D eigenvalue weighted by molar-refractivity contribution is 0.102. The van der Waals surface area contributed by atoms with Crippen molar-refractivity contribution in [3.63, 3.8) is 0 Å². The molecule has 3 rings (SSSR count). The molecule has 0 saturated carbocycles. The summed E-state index contributed by atoms with van der Waals surface area (Å²) in [5.74, 6) is 0.359. The van der Waals surface area contributed by atoms with Crippen LogP contribution in [0.2, 0.25) is 5.02 Å². The van der Waals surface area contributed by atoms with Gasteiger partial charge in [-0.3, -0.25) is 4.79 Å². The van der Waals surface area contributed by atoms with E-state index >= 15 is 0 Å². The number of hydrogen-bond acceptors (Lipinski definition) is 3. The maximum Gasteiger partial charge on any atom is 0.255 e. The fourth-order valence-corrected chi connectivity index (χ4v) is 2.69. The first-order valence-corrected chi connectivity index (χ1v) is 8.77. The van der Waals surface area contributed by atoms with Crippen molar-refractivity contribution in [3.05, 3.63) is 94.5 Å². The first-order chi connectivity index (χ1) is 13.2. The molecule has 0 aliphatic carbocycles. The predicted molar refractivity (Wildman–Crippen MR) is 106 cm³/mol. The maximum atomic E-state index is 12.5. The molecule has 0 aliphatic heterocycles. The molecule has 0 spiro atoms. The Morgan fingerprint density at radius 3 is 2.56 bits per heavy atom. The lowest BCUT2D eigenvalue weighted by atomic mass is 10.1. The van der Waals surface area contributed by atoms with E-state index in [2.05, 4.69) is 11.4 Å². The fraction of sp³-hybridized carbons (Fsp3) is 0.0909. The summed E-state index contributed by atoms with van der Waals surface area (Å²) in [4.78, 5) is 12.5. The third-order valence-corrected chi connectivity index (χ3v) is 4.31. The third kappa shape index (κ3) is 5.10. The molecule has 27 heavy (non-hydrogen) atoms. The molecule has 134 valence electrons. The Labute approximate surface area is 163 Å². The van der Waals surface area contributed by atoms with E-state index in [1.54, 1.807) is 36.4 Å². The van der Waals surface area contributed by atoms with Crippen molar-refractivity contribution < 1.29 is 9.53 Å². The van der Waals surface area contributed by atoms with Gasteiger partial charge >= 0.3 is 0 Å². The molecule has 0 fully saturated rings. The zero-order valence-corrected chi connectivity index (χ0v) is 15.2. The number of nitrogens with zero attached hydrogens (tertiary/aromatic N) is 1. The van der Waals surface area contributed by atoms with E-state index in [0.29, 0.717) is 35.1 Å². The summed E-state index contributed by atoms with van der Waals surface area (Å²) in [5.41, 5.74) is 2.95. The van der Waals surface area contributed by atoms with Crippen LogP contribution in [-0.2, 0) is 13.0 Å². The number of nitriles is 1. The molecule has 0 aliphatic rings. The minimum Gasteiger partial charge on any atom is -0.489 e. The molecule has 0 radical (unpaired) electrons. The van der Waals surface area contributed by atoms with Crippen molar-refractivity contribution >= 4 is 23.2 Å². The van der Waals surface area contributed by atoms with Crippen LogP contribution in [0.15, 0.2) is 72.8 Å². The van der Waals surface area contributed by atoms with Gasteiger partial charge in [0.25, 0.3) is 5.91 Å². The second-order valence-electron chi connectivity index (χ2n) is 5.89. The molecule has 0 atom stereocenters. The Balaban J connectivity index is 1.64. The van der Waals surface area contributed by atoms with E-state index < -0.39 is 0 Å². The largest absolute Gasteiger partial charge is 0.489 e. The van der Waals surface area contributed by atoms with E-state index in [-0.39, 0.29) is 5.91 Å². The lowest BCUT2D eigenvalue weighted by Gasteiger charge is -2.10. The quantitative estimate of drug-likeness (QED) is 0.640. The number of anilines is 1. The van der Waals surface area contributed by atoms with Gasteiger partial charge in [-0.25, -0.2) is 0 Å². The smallest absolute Gasteiger partial charge is 0.255 e. The second-order valence-corrected chi connectivity index (χ2v) is 6.30. The summed E-state index contributed by atoms with van der Waals surface area (Å²) in [6.45, 7) is 0.325. The molecule has 0 unspecified atom stereocenters. The summed E-state index contributed by atoms with van der Waals surface area (Å²) in [6.07, 6.45) is 0.346. The Kier molecular flexibility index (Phi) is 6.09. The van der Waals surface area contributed by atoms with E-state index in [1.165, 1.54) is 0 Å². The molecular formula is C22H17ClN2O2. The van der Waals surface area contributed by atoms with Gasteiger partial charge in [-0.1, -0.05) is 48.0 Å². The lowest BCUT2D eigenvalue weighted by Crippen LogP contribution is -2.12. The summed E-state index contributed by atoms with van der Waals surface area (Å²) < 4.78 is 5.76. The van der Waals surface area contributed by atoms with Gasteiger partial charge in [-0.05, 0) is 42.0 Å². The van der Waals surface area contributed by atoms with Crippen LogP contribution >= 0.6 is 11.6 Å². The highest BCUT2D eigenvalue weighted by Crippen LogP contribution is 2.20. The highest BCUT2D eigenvalue weighted by atomic mass is 35.5. The number of nitrogens with one attached hydrogen (secondary N) is 1. The van der Waals surface area contributed by atoms with Gasteiger partial charge in [0.05, 0.1) is 12.5 Å². The minimum absolute atomic E-state index is 0.230. The van der Waals surface area contributed by atoms with Crippen LogP contribution in [0.25, 0.3) is 0 Å². The monoisotopic (exact) mass is 376 g/mol. The van der Waals surface area contributed by atoms with Crippen molar-refractivity contribution in [2.75, 3.05) is 5.32 Å². The van der Waals surface area contributed by atoms with Crippen molar-refractivity contribution in [2.24, 2.45) is 0 Å². The average molecular weight is 377 g/mol. The third-order valence-electron chi connectivity index (χ3n) is 3.94. The van der Waals surface area contributed by atoms with Crippen LogP contribution in [0.5, 0.6) is 5.75 Å². The van der Waals surface area contributed by atoms with Crippen LogP contribution in [0.1, 0.15) is 21.5 Å². The average Bonchev–Trinajstić information content (AvgIpc) is 2.69. The van der Waals surface area contributed by atoms with Gasteiger partial charge < -0.3 is 10.1 Å². The first-order valence-electron chi connectivity index (χ1n) is 8.39. The summed E-state index contributed by atoms with van der Waals surface area (Å²) >= 11 is 6.13. The van der Waals surface area contributed by atoms with Crippen molar-refractivity contribution in [3.8, 4) is 11.8 Å². The molecule has 3 aromatic rings. The Morgan fingerprint density at radius 2 is 1.81 bits per heavy atom. The first kappa shape index (κ1) is 18.5. The van der Waals surface area contributed by atoms with Crippen molar-refractivity contribution in [2.45, 2.75) is 13.0 Å². The number of benzene rings is 3. The number of carbonyl (C=O) groups excluding carboxylic acids is 1. The topological polar surface area (TPSA) is 62.1 Å². The van der Waals surface area contributed by atoms with E-state index in [0.717, 1.165) is 11.1 Å². The van der Waals surface area contributed by atoms with Crippen LogP contribution in [-0.4, -0.2) is 5.91 Å². The van der Waals surface area contributed by atoms with E-state index in [4.69, 9.17) is 21.6 Å². The van der Waals surface area contributed by atoms with Gasteiger partial charge in [-0.15, -0.1) is 0 Å². The number of ether oxygens (including phenoxy) is 1. The van der Waals surface area contributed by atoms with Crippen LogP contribution in [0.4, 0.5) is 5.69 Å². The highest BCUT2D eigenvalue weighted by molar-refractivity contribution is 6.31. The second kappa shape index (κ2) is 8.88. The summed E-state index contributed by atoms with van der Waals surface area (Å²) in [7, 11) is 0. The van der Waals surface area contributed by atoms with Crippen LogP contribution in [0, 0.1) is 11.3 Å². The SMILES string of the molecule is N#CCc1ccc(NC(=O)c2cccc(OCc3ccccc3Cl)c2)cc1. The maximum absolute atomic E-state index is 12.5. The number of halogens is 1. The summed E-state index contributed by atoms with van der Waals surface area (Å²) in [6, 6.07) is 23.8. The van der Waals surface area contributed by atoms with Crippen molar-refractivity contribution in [1.29, 1.82) is 5.26 Å². The highest BCUT2D eigenvalue weighted by Gasteiger charge is 2.08. The molecule has 0 aromatic heterocycles. The molecule has 1 N–H and O–H groups in total. The van der Waals surface area contributed by atoms with Gasteiger partial charge in [0.2, 0.25) is 0 Å². The molecular weight excluding hydrogens is 360 g/mol. The fourth-order valence-electron chi connectivity index (χ4n) is 2.50. The number of rotatable bonds is 6. The van der Waals surface area contributed by atoms with Crippen LogP contribution < -0.4 is 10.1 Å². The molecule has 0 saturated heterocycles. The zero-order valence-electron chi connectivity index (χ0n) is 14.5. The van der Waals surface area contributed by atoms with Gasteiger partial charge in [-0.2, -0.15) is 5.26 Å². The van der Waals surface area contributed by atoms with Crippen LogP contribution in [0.3, 0.4) is 0 Å². The van der Waals surface area contributed by atoms with Crippen molar-refractivity contribution in [1.82, 2.24) is 0 Å². The molecule has 4 nitrogen and oxygen atoms in total. The zero-order chi connectivity index (χ0) is 19.1. The van der Waals surface area contributed by atoms with Gasteiger partial charge in [0.1, 0.15) is 12.4 Å². The standard InChI is InChI=1S/C22H17ClN2O2/c23-21-7-2-1-4-18(21)15-27-20-6-3-5-17(14-20)22(26)25-19-10-8-16(9-11-19)12-13-24/h1-11,14H,12,15H2,(H,25,26). The Morgan fingerprint density at radius 1 is 1.04 bits per heavy atom. The number of carbonyl (C=O) groups is 1. The molecule has 5 heteroatoms. The molecule has 1 amide bonds. The predicted octanol–water partition coefficient (Wildman–Crippen LogP) is 5.24. The molecule has 3 aromatic carbocycles. The minimum atomic E-state index is -0.230. The number of amides is 1. The van der Waals surface area contributed by atoms with E-state index in [9.17, 15) is 4.79 Å².